The Labute approximate surface area is 159 Å². The van der Waals surface area contributed by atoms with Crippen molar-refractivity contribution in [3.63, 3.8) is 0 Å². The van der Waals surface area contributed by atoms with Crippen LogP contribution in [0, 0.1) is 0 Å². The Balaban J connectivity index is 1.46. The number of hydrogen-bond acceptors (Lipinski definition) is 5. The summed E-state index contributed by atoms with van der Waals surface area (Å²) in [5.74, 6) is 0.793. The average Bonchev–Trinajstić information content (AvgIpc) is 3.03. The third-order valence-electron chi connectivity index (χ3n) is 4.93. The predicted octanol–water partition coefficient (Wildman–Crippen LogP) is 2.27. The molecule has 0 aliphatic carbocycles. The van der Waals surface area contributed by atoms with Crippen molar-refractivity contribution in [1.82, 2.24) is 19.7 Å². The van der Waals surface area contributed by atoms with Gasteiger partial charge in [-0.25, -0.2) is 18.1 Å². The zero-order valence-corrected chi connectivity index (χ0v) is 16.1. The highest BCUT2D eigenvalue weighted by molar-refractivity contribution is 7.90. The van der Waals surface area contributed by atoms with Crippen molar-refractivity contribution in [2.75, 3.05) is 19.3 Å². The Morgan fingerprint density at radius 2 is 1.74 bits per heavy atom. The highest BCUT2D eigenvalue weighted by atomic mass is 32.2. The minimum atomic E-state index is -3.17. The molecule has 0 saturated carbocycles. The lowest BCUT2D eigenvalue weighted by molar-refractivity contribution is 0.272. The van der Waals surface area contributed by atoms with Gasteiger partial charge in [0.25, 0.3) is 0 Å². The van der Waals surface area contributed by atoms with Crippen LogP contribution in [0.1, 0.15) is 17.0 Å². The van der Waals surface area contributed by atoms with Crippen molar-refractivity contribution < 1.29 is 8.42 Å². The summed E-state index contributed by atoms with van der Waals surface area (Å²) in [6.45, 7) is 2.46. The molecule has 0 bridgehead atoms. The lowest BCUT2D eigenvalue weighted by Crippen LogP contribution is -2.26. The Morgan fingerprint density at radius 1 is 1.00 bits per heavy atom. The van der Waals surface area contributed by atoms with Crippen molar-refractivity contribution in [2.24, 2.45) is 0 Å². The van der Waals surface area contributed by atoms with Crippen molar-refractivity contribution in [3.05, 3.63) is 71.8 Å². The van der Waals surface area contributed by atoms with E-state index in [0.717, 1.165) is 43.0 Å². The second kappa shape index (κ2) is 7.25. The molecular weight excluding hydrogens is 360 g/mol. The predicted molar refractivity (Wildman–Crippen MR) is 104 cm³/mol. The third kappa shape index (κ3) is 4.09. The standard InChI is InChI=1S/C20H22N4O2S/c1-27(25,26)19-8-7-16-9-11-23(12-10-17(16)13-19)14-20-21-15-24(22-20)18-5-3-2-4-6-18/h2-8,13,15H,9-12,14H2,1H3. The molecule has 4 rings (SSSR count). The van der Waals surface area contributed by atoms with Gasteiger partial charge in [0.2, 0.25) is 0 Å². The van der Waals surface area contributed by atoms with E-state index in [2.05, 4.69) is 15.0 Å². The first kappa shape index (κ1) is 17.9. The van der Waals surface area contributed by atoms with Crippen LogP contribution < -0.4 is 0 Å². The highest BCUT2D eigenvalue weighted by Gasteiger charge is 2.18. The number of aromatic nitrogens is 3. The van der Waals surface area contributed by atoms with Crippen molar-refractivity contribution in [2.45, 2.75) is 24.3 Å². The highest BCUT2D eigenvalue weighted by Crippen LogP contribution is 2.21. The first-order chi connectivity index (χ1) is 13.0. The fourth-order valence-electron chi connectivity index (χ4n) is 3.41. The summed E-state index contributed by atoms with van der Waals surface area (Å²) in [6.07, 6.45) is 4.74. The van der Waals surface area contributed by atoms with Crippen LogP contribution in [0.3, 0.4) is 0 Å². The van der Waals surface area contributed by atoms with Crippen molar-refractivity contribution in [3.8, 4) is 5.69 Å². The fourth-order valence-corrected chi connectivity index (χ4v) is 4.08. The Bertz CT molecular complexity index is 1040. The summed E-state index contributed by atoms with van der Waals surface area (Å²) in [6, 6.07) is 15.4. The molecule has 0 amide bonds. The smallest absolute Gasteiger partial charge is 0.175 e. The number of benzene rings is 2. The molecule has 1 aliphatic rings. The van der Waals surface area contributed by atoms with Gasteiger partial charge in [0, 0.05) is 19.3 Å². The van der Waals surface area contributed by atoms with E-state index in [1.807, 2.05) is 42.5 Å². The molecule has 2 aromatic carbocycles. The van der Waals surface area contributed by atoms with Crippen molar-refractivity contribution in [1.29, 1.82) is 0 Å². The minimum Gasteiger partial charge on any atom is -0.295 e. The normalized spacial score (nSPS) is 15.3. The van der Waals surface area contributed by atoms with E-state index < -0.39 is 9.84 Å². The SMILES string of the molecule is CS(=O)(=O)c1ccc2c(c1)CCN(Cc1ncn(-c3ccccc3)n1)CC2. The van der Waals surface area contributed by atoms with E-state index in [-0.39, 0.29) is 0 Å². The molecule has 0 atom stereocenters. The third-order valence-corrected chi connectivity index (χ3v) is 6.04. The number of rotatable bonds is 4. The second-order valence-corrected chi connectivity index (χ2v) is 8.94. The summed E-state index contributed by atoms with van der Waals surface area (Å²) in [7, 11) is -3.17. The zero-order valence-electron chi connectivity index (χ0n) is 15.2. The Morgan fingerprint density at radius 3 is 2.48 bits per heavy atom. The molecule has 0 saturated heterocycles. The molecule has 0 fully saturated rings. The topological polar surface area (TPSA) is 68.1 Å². The molecule has 0 spiro atoms. The molecule has 0 unspecified atom stereocenters. The van der Waals surface area contributed by atoms with E-state index in [0.29, 0.717) is 11.4 Å². The summed E-state index contributed by atoms with van der Waals surface area (Å²) < 4.78 is 25.4. The van der Waals surface area contributed by atoms with Crippen LogP contribution in [-0.4, -0.2) is 47.4 Å². The summed E-state index contributed by atoms with van der Waals surface area (Å²) in [5, 5.41) is 4.59. The van der Waals surface area contributed by atoms with Crippen LogP contribution in [0.25, 0.3) is 5.69 Å². The van der Waals surface area contributed by atoms with Gasteiger partial charge in [0.1, 0.15) is 6.33 Å². The molecule has 6 nitrogen and oxygen atoms in total. The molecule has 1 aliphatic heterocycles. The molecule has 1 aromatic heterocycles. The number of sulfone groups is 1. The van der Waals surface area contributed by atoms with Crippen LogP contribution >= 0.6 is 0 Å². The minimum absolute atomic E-state index is 0.401. The van der Waals surface area contributed by atoms with Gasteiger partial charge >= 0.3 is 0 Å². The second-order valence-electron chi connectivity index (χ2n) is 6.92. The lowest BCUT2D eigenvalue weighted by Gasteiger charge is -2.17. The van der Waals surface area contributed by atoms with Gasteiger partial charge in [-0.2, -0.15) is 0 Å². The number of hydrogen-bond donors (Lipinski definition) is 0. The molecule has 27 heavy (non-hydrogen) atoms. The van der Waals surface area contributed by atoms with Gasteiger partial charge < -0.3 is 0 Å². The van der Waals surface area contributed by atoms with Gasteiger partial charge in [0.15, 0.2) is 15.7 Å². The summed E-state index contributed by atoms with van der Waals surface area (Å²) >= 11 is 0. The first-order valence-electron chi connectivity index (χ1n) is 8.99. The molecule has 3 aromatic rings. The van der Waals surface area contributed by atoms with Crippen LogP contribution in [0.2, 0.25) is 0 Å². The van der Waals surface area contributed by atoms with Gasteiger partial charge in [-0.1, -0.05) is 24.3 Å². The molecular formula is C20H22N4O2S. The van der Waals surface area contributed by atoms with E-state index >= 15 is 0 Å². The molecule has 7 heteroatoms. The van der Waals surface area contributed by atoms with E-state index in [1.165, 1.54) is 11.8 Å². The van der Waals surface area contributed by atoms with Crippen LogP contribution in [-0.2, 0) is 29.2 Å². The number of nitrogens with zero attached hydrogens (tertiary/aromatic N) is 4. The van der Waals surface area contributed by atoms with E-state index in [9.17, 15) is 8.42 Å². The molecule has 0 N–H and O–H groups in total. The van der Waals surface area contributed by atoms with Crippen LogP contribution in [0.5, 0.6) is 0 Å². The molecule has 0 radical (unpaired) electrons. The average molecular weight is 382 g/mol. The maximum Gasteiger partial charge on any atom is 0.175 e. The fraction of sp³-hybridized carbons (Fsp3) is 0.300. The summed E-state index contributed by atoms with van der Waals surface area (Å²) in [5.41, 5.74) is 3.35. The molecule has 2 heterocycles. The maximum absolute atomic E-state index is 11.8. The van der Waals surface area contributed by atoms with Crippen LogP contribution in [0.15, 0.2) is 59.8 Å². The Hall–Kier alpha value is -2.51. The first-order valence-corrected chi connectivity index (χ1v) is 10.9. The quantitative estimate of drug-likeness (QED) is 0.692. The van der Waals surface area contributed by atoms with Gasteiger partial charge in [-0.15, -0.1) is 5.10 Å². The van der Waals surface area contributed by atoms with Gasteiger partial charge in [-0.05, 0) is 48.2 Å². The van der Waals surface area contributed by atoms with E-state index in [1.54, 1.807) is 17.1 Å². The van der Waals surface area contributed by atoms with Gasteiger partial charge in [-0.3, -0.25) is 4.90 Å². The van der Waals surface area contributed by atoms with Gasteiger partial charge in [0.05, 0.1) is 17.1 Å². The summed E-state index contributed by atoms with van der Waals surface area (Å²) in [4.78, 5) is 7.17. The maximum atomic E-state index is 11.8. The number of fused-ring (bicyclic) bond motifs is 1. The zero-order chi connectivity index (χ0) is 18.9. The lowest BCUT2D eigenvalue weighted by atomic mass is 10.0. The molecule has 140 valence electrons. The monoisotopic (exact) mass is 382 g/mol. The van der Waals surface area contributed by atoms with Crippen LogP contribution in [0.4, 0.5) is 0 Å². The van der Waals surface area contributed by atoms with Crippen molar-refractivity contribution >= 4 is 9.84 Å². The Kier molecular flexibility index (Phi) is 4.80. The number of para-hydroxylation sites is 1. The largest absolute Gasteiger partial charge is 0.295 e. The van der Waals surface area contributed by atoms with E-state index in [4.69, 9.17) is 0 Å².